The molecular formula is C38H36CoN12O12. The number of hydrogen-bond donors (Lipinski definition) is 5. The number of phenolic OH excluding ortho intramolecular Hbond substituents is 2. The van der Waals surface area contributed by atoms with E-state index in [2.05, 4.69) is 37.7 Å². The largest absolute Gasteiger partial charge is 0.504 e. The smallest absolute Gasteiger partial charge is 0.274 e. The number of anilines is 2. The van der Waals surface area contributed by atoms with E-state index in [-0.39, 0.29) is 92.1 Å². The maximum absolute atomic E-state index is 12.7. The molecule has 0 atom stereocenters. The van der Waals surface area contributed by atoms with Crippen molar-refractivity contribution >= 4 is 57.3 Å². The van der Waals surface area contributed by atoms with Gasteiger partial charge in [0.2, 0.25) is 23.6 Å². The molecule has 0 saturated heterocycles. The van der Waals surface area contributed by atoms with Crippen molar-refractivity contribution in [1.82, 2.24) is 9.13 Å². The van der Waals surface area contributed by atoms with Gasteiger partial charge < -0.3 is 30.7 Å². The molecule has 4 rings (SSSR count). The van der Waals surface area contributed by atoms with Crippen LogP contribution >= 0.6 is 0 Å². The number of nitrogens with zero attached hydrogens (tertiary/aromatic N) is 10. The predicted molar refractivity (Wildman–Crippen MR) is 220 cm³/mol. The Bertz CT molecular complexity index is 2820. The molecule has 63 heavy (non-hydrogen) atoms. The summed E-state index contributed by atoms with van der Waals surface area (Å²) in [7, 11) is 1.31. The number of nitriles is 2. The number of non-ortho nitro benzene ring substituents is 2. The molecule has 0 bridgehead atoms. The number of benzene rings is 2. The average Bonchev–Trinajstić information content (AvgIpc) is 3.21. The van der Waals surface area contributed by atoms with Gasteiger partial charge in [0, 0.05) is 79.1 Å². The van der Waals surface area contributed by atoms with Crippen LogP contribution in [-0.2, 0) is 39.5 Å². The number of nitro benzene ring substituents is 2. The number of hydrogen-bond acceptors (Lipinski definition) is 18. The summed E-state index contributed by atoms with van der Waals surface area (Å²) < 4.78 is 7.37. The third-order valence-corrected chi connectivity index (χ3v) is 8.25. The molecule has 0 aliphatic heterocycles. The quantitative estimate of drug-likeness (QED) is 0.0314. The second-order valence-corrected chi connectivity index (χ2v) is 12.4. The number of aromatic hydroxyl groups is 3. The van der Waals surface area contributed by atoms with Gasteiger partial charge in [0.15, 0.2) is 22.9 Å². The summed E-state index contributed by atoms with van der Waals surface area (Å²) in [4.78, 5) is 68.5. The Hall–Kier alpha value is -8.55. The molecule has 1 radical (unpaired) electrons. The molecule has 0 saturated carbocycles. The van der Waals surface area contributed by atoms with Crippen molar-refractivity contribution in [3.63, 3.8) is 0 Å². The first-order valence-corrected chi connectivity index (χ1v) is 17.5. The van der Waals surface area contributed by atoms with E-state index in [0.29, 0.717) is 0 Å². The monoisotopic (exact) mass is 911 g/mol. The molecule has 2 aromatic carbocycles. The number of nitro groups is 2. The number of pyridine rings is 2. The number of ether oxygens (including phenoxy) is 1. The molecule has 0 fully saturated rings. The van der Waals surface area contributed by atoms with Crippen molar-refractivity contribution in [2.45, 2.75) is 47.7 Å². The summed E-state index contributed by atoms with van der Waals surface area (Å²) >= 11 is 0. The van der Waals surface area contributed by atoms with Gasteiger partial charge in [-0.25, -0.2) is 0 Å². The van der Waals surface area contributed by atoms with Gasteiger partial charge in [-0.15, -0.1) is 27.0 Å². The second kappa shape index (κ2) is 22.2. The van der Waals surface area contributed by atoms with Crippen LogP contribution in [0.25, 0.3) is 0 Å². The van der Waals surface area contributed by atoms with Crippen LogP contribution in [0.4, 0.5) is 45.5 Å². The zero-order valence-electron chi connectivity index (χ0n) is 34.0. The SMILES string of the molecule is C/C=C/Cn1c(OC)c(N=Nc2cc([N+](=O)[O-])cc(NC(C)=O)c2O)c(C)c(C#N)c1=O.C=CCn1c(O)c(N=Nc2cc([N+](=O)[O-])cc(NC(C)=O)c2O)c(C)c(C#N)c1=O.[Co]. The fourth-order valence-electron chi connectivity index (χ4n) is 5.33. The Labute approximate surface area is 365 Å². The molecule has 0 unspecified atom stereocenters. The summed E-state index contributed by atoms with van der Waals surface area (Å²) in [5, 5.41) is 92.0. The Balaban J connectivity index is 0.000000428. The van der Waals surface area contributed by atoms with Gasteiger partial charge >= 0.3 is 0 Å². The molecule has 4 aromatic rings. The number of phenols is 2. The number of allylic oxidation sites excluding steroid dienone is 3. The zero-order chi connectivity index (χ0) is 46.6. The molecule has 2 heterocycles. The summed E-state index contributed by atoms with van der Waals surface area (Å²) in [6, 6.07) is 7.35. The van der Waals surface area contributed by atoms with E-state index >= 15 is 0 Å². The minimum Gasteiger partial charge on any atom is -0.504 e. The van der Waals surface area contributed by atoms with Crippen LogP contribution < -0.4 is 26.5 Å². The van der Waals surface area contributed by atoms with Crippen molar-refractivity contribution in [2.24, 2.45) is 20.5 Å². The van der Waals surface area contributed by atoms with Crippen molar-refractivity contribution in [3.8, 4) is 35.4 Å². The number of methoxy groups -OCH3 is 1. The standard InChI is InChI=1S/C20H20N6O6.C18H16N6O6.Co/c1-5-6-7-25-19(29)14(10-21)11(2)17(20(25)32-4)24-23-16-9-13(26(30)31)8-15(18(16)28)22-12(3)27;1-4-5-23-17(27)12(8-19)9(2)15(18(23)28)22-21-14-7-11(24(29)30)6-13(16(14)26)20-10(3)25;/h5-6,8-9,28H,7H2,1-4H3,(H,22,27);4,6-7,26,28H,1,5H2,2-3H3,(H,20,25);/b6-5+,24-23?;;. The topological polar surface area (TPSA) is 355 Å². The molecular weight excluding hydrogens is 875 g/mol. The number of aromatic nitrogens is 2. The van der Waals surface area contributed by atoms with Crippen molar-refractivity contribution < 1.29 is 56.3 Å². The number of azo groups is 2. The van der Waals surface area contributed by atoms with Gasteiger partial charge in [-0.05, 0) is 20.8 Å². The Morgan fingerprint density at radius 1 is 0.810 bits per heavy atom. The van der Waals surface area contributed by atoms with Gasteiger partial charge in [-0.1, -0.05) is 18.2 Å². The maximum Gasteiger partial charge on any atom is 0.274 e. The third-order valence-electron chi connectivity index (χ3n) is 8.25. The van der Waals surface area contributed by atoms with Crippen molar-refractivity contribution in [2.75, 3.05) is 17.7 Å². The van der Waals surface area contributed by atoms with Crippen LogP contribution in [0, 0.1) is 56.7 Å². The van der Waals surface area contributed by atoms with Crippen LogP contribution in [0.2, 0.25) is 0 Å². The molecule has 0 spiro atoms. The van der Waals surface area contributed by atoms with E-state index in [0.717, 1.165) is 35.8 Å². The summed E-state index contributed by atoms with van der Waals surface area (Å²) in [5.41, 5.74) is -3.92. The second-order valence-electron chi connectivity index (χ2n) is 12.4. The number of carbonyl (C=O) groups excluding carboxylic acids is 2. The average molecular weight is 912 g/mol. The van der Waals surface area contributed by atoms with Gasteiger partial charge in [0.1, 0.15) is 34.6 Å². The molecule has 0 aliphatic rings. The summed E-state index contributed by atoms with van der Waals surface area (Å²) in [6.07, 6.45) is 4.71. The first-order chi connectivity index (χ1) is 29.3. The van der Waals surface area contributed by atoms with E-state index in [9.17, 15) is 65.3 Å². The number of carbonyl (C=O) groups is 2. The van der Waals surface area contributed by atoms with E-state index in [4.69, 9.17) is 4.74 Å². The van der Waals surface area contributed by atoms with Gasteiger partial charge in [-0.3, -0.25) is 48.5 Å². The normalized spacial score (nSPS) is 10.6. The van der Waals surface area contributed by atoms with E-state index in [1.54, 1.807) is 25.1 Å². The van der Waals surface area contributed by atoms with Gasteiger partial charge in [0.25, 0.3) is 22.5 Å². The Kier molecular flexibility index (Phi) is 17.8. The van der Waals surface area contributed by atoms with E-state index in [1.807, 2.05) is 6.07 Å². The first-order valence-electron chi connectivity index (χ1n) is 17.5. The minimum absolute atomic E-state index is 0. The first kappa shape index (κ1) is 50.6. The van der Waals surface area contributed by atoms with Crippen LogP contribution in [0.15, 0.2) is 79.1 Å². The maximum atomic E-state index is 12.7. The summed E-state index contributed by atoms with van der Waals surface area (Å²) in [5.74, 6) is -2.88. The Morgan fingerprint density at radius 3 is 1.62 bits per heavy atom. The zero-order valence-corrected chi connectivity index (χ0v) is 35.0. The van der Waals surface area contributed by atoms with Crippen LogP contribution in [0.1, 0.15) is 43.0 Å². The molecule has 2 amide bonds. The van der Waals surface area contributed by atoms with Gasteiger partial charge in [0.05, 0.1) is 28.3 Å². The third kappa shape index (κ3) is 11.6. The van der Waals surface area contributed by atoms with Crippen molar-refractivity contribution in [1.29, 1.82) is 10.5 Å². The number of rotatable bonds is 13. The fourth-order valence-corrected chi connectivity index (χ4v) is 5.33. The minimum atomic E-state index is -0.759. The van der Waals surface area contributed by atoms with E-state index in [1.165, 1.54) is 38.5 Å². The predicted octanol–water partition coefficient (Wildman–Crippen LogP) is 6.51. The molecule has 329 valence electrons. The Morgan fingerprint density at radius 2 is 1.24 bits per heavy atom. The van der Waals surface area contributed by atoms with Gasteiger partial charge in [-0.2, -0.15) is 10.5 Å². The van der Waals surface area contributed by atoms with E-state index < -0.39 is 61.5 Å². The molecule has 24 nitrogen and oxygen atoms in total. The van der Waals surface area contributed by atoms with Crippen LogP contribution in [0.5, 0.6) is 23.3 Å². The molecule has 0 aliphatic carbocycles. The number of nitrogens with one attached hydrogen (secondary N) is 2. The molecule has 25 heteroatoms. The van der Waals surface area contributed by atoms with Crippen molar-refractivity contribution in [3.05, 3.63) is 112 Å². The fraction of sp³-hybridized carbons (Fsp3) is 0.211. The van der Waals surface area contributed by atoms with Crippen LogP contribution in [0.3, 0.4) is 0 Å². The molecule has 2 aromatic heterocycles. The summed E-state index contributed by atoms with van der Waals surface area (Å²) in [6.45, 7) is 10.4. The number of amides is 2. The van der Waals surface area contributed by atoms with Crippen LogP contribution in [-0.4, -0.2) is 53.2 Å². The molecule has 5 N–H and O–H groups in total.